The summed E-state index contributed by atoms with van der Waals surface area (Å²) in [6.07, 6.45) is 10.4. The normalized spacial score (nSPS) is 18.7. The Bertz CT molecular complexity index is 802. The van der Waals surface area contributed by atoms with Gasteiger partial charge in [-0.2, -0.15) is 5.10 Å². The Morgan fingerprint density at radius 1 is 1.38 bits per heavy atom. The summed E-state index contributed by atoms with van der Waals surface area (Å²) in [5.74, 6) is 1.33. The van der Waals surface area contributed by atoms with Crippen LogP contribution in [0.5, 0.6) is 0 Å². The van der Waals surface area contributed by atoms with Crippen molar-refractivity contribution in [3.8, 4) is 0 Å². The molecule has 0 bridgehead atoms. The van der Waals surface area contributed by atoms with Crippen molar-refractivity contribution in [2.24, 2.45) is 11.0 Å². The Kier molecular flexibility index (Phi) is 5.25. The Labute approximate surface area is 154 Å². The van der Waals surface area contributed by atoms with Crippen LogP contribution in [0.25, 0.3) is 6.08 Å². The van der Waals surface area contributed by atoms with Crippen LogP contribution >= 0.6 is 0 Å². The van der Waals surface area contributed by atoms with Crippen LogP contribution < -0.4 is 5.43 Å². The Morgan fingerprint density at radius 3 is 2.69 bits per heavy atom. The fourth-order valence-corrected chi connectivity index (χ4v) is 3.50. The van der Waals surface area contributed by atoms with E-state index in [1.54, 1.807) is 12.1 Å². The summed E-state index contributed by atoms with van der Waals surface area (Å²) in [5.41, 5.74) is 4.98. The van der Waals surface area contributed by atoms with E-state index in [-0.39, 0.29) is 17.4 Å². The van der Waals surface area contributed by atoms with Crippen LogP contribution in [0.15, 0.2) is 47.8 Å². The lowest BCUT2D eigenvalue weighted by Crippen LogP contribution is -2.49. The lowest BCUT2D eigenvalue weighted by Gasteiger charge is -2.38. The highest BCUT2D eigenvalue weighted by Gasteiger charge is 2.47. The van der Waals surface area contributed by atoms with Gasteiger partial charge in [-0.25, -0.2) is 9.37 Å². The minimum atomic E-state index is -0.235. The molecule has 1 aromatic carbocycles. The fourth-order valence-electron chi connectivity index (χ4n) is 3.50. The van der Waals surface area contributed by atoms with E-state index in [1.165, 1.54) is 25.0 Å². The largest absolute Gasteiger partial charge is 0.323 e. The van der Waals surface area contributed by atoms with Crippen molar-refractivity contribution in [2.75, 3.05) is 0 Å². The number of allylic oxidation sites excluding steroid dienone is 1. The number of nitrogens with zero attached hydrogens (tertiary/aromatic N) is 3. The van der Waals surface area contributed by atoms with Crippen LogP contribution in [-0.4, -0.2) is 21.3 Å². The molecule has 0 amide bonds. The Balaban J connectivity index is 1.83. The first-order valence-electron chi connectivity index (χ1n) is 9.19. The van der Waals surface area contributed by atoms with Gasteiger partial charge in [0, 0.05) is 12.4 Å². The van der Waals surface area contributed by atoms with Gasteiger partial charge in [0.1, 0.15) is 11.6 Å². The average molecular weight is 354 g/mol. The maximum atomic E-state index is 13.1. The second-order valence-corrected chi connectivity index (χ2v) is 7.21. The summed E-state index contributed by atoms with van der Waals surface area (Å²) in [6.45, 7) is 8.38. The number of benzene rings is 1. The monoisotopic (exact) mass is 354 g/mol. The molecular formula is C21H27FN4. The smallest absolute Gasteiger partial charge is 0.132 e. The zero-order chi connectivity index (χ0) is 18.7. The van der Waals surface area contributed by atoms with E-state index in [9.17, 15) is 4.39 Å². The van der Waals surface area contributed by atoms with Gasteiger partial charge in [-0.05, 0) is 70.2 Å². The van der Waals surface area contributed by atoms with Crippen LogP contribution in [0.2, 0.25) is 0 Å². The quantitative estimate of drug-likeness (QED) is 0.584. The number of imidazole rings is 1. The molecule has 1 fully saturated rings. The molecule has 2 atom stereocenters. The average Bonchev–Trinajstić information content (AvgIpc) is 3.39. The number of rotatable bonds is 7. The number of aromatic nitrogens is 2. The molecule has 0 spiro atoms. The molecule has 3 rings (SSSR count). The molecule has 2 aromatic rings. The van der Waals surface area contributed by atoms with Gasteiger partial charge in [0.2, 0.25) is 0 Å². The number of hydrazone groups is 1. The zero-order valence-corrected chi connectivity index (χ0v) is 15.9. The number of hydrogen-bond acceptors (Lipinski definition) is 3. The number of halogens is 1. The van der Waals surface area contributed by atoms with E-state index in [0.717, 1.165) is 17.1 Å². The van der Waals surface area contributed by atoms with E-state index in [1.807, 2.05) is 32.2 Å². The van der Waals surface area contributed by atoms with Gasteiger partial charge in [-0.3, -0.25) is 0 Å². The van der Waals surface area contributed by atoms with Gasteiger partial charge < -0.3 is 9.99 Å². The Hall–Kier alpha value is -2.43. The molecular weight excluding hydrogens is 327 g/mol. The van der Waals surface area contributed by atoms with Crippen molar-refractivity contribution in [1.82, 2.24) is 15.0 Å². The maximum Gasteiger partial charge on any atom is 0.132 e. The minimum absolute atomic E-state index is 0.113. The third-order valence-corrected chi connectivity index (χ3v) is 5.47. The molecule has 1 aliphatic carbocycles. The first-order valence-corrected chi connectivity index (χ1v) is 9.19. The molecule has 138 valence electrons. The van der Waals surface area contributed by atoms with Crippen molar-refractivity contribution in [3.05, 3.63) is 59.9 Å². The molecule has 4 nitrogen and oxygen atoms in total. The molecule has 1 heterocycles. The lowest BCUT2D eigenvalue weighted by molar-refractivity contribution is 0.194. The third-order valence-electron chi connectivity index (χ3n) is 5.47. The van der Waals surface area contributed by atoms with Gasteiger partial charge >= 0.3 is 0 Å². The van der Waals surface area contributed by atoms with Gasteiger partial charge in [0.05, 0.1) is 17.3 Å². The maximum absolute atomic E-state index is 13.1. The molecule has 1 aromatic heterocycles. The Morgan fingerprint density at radius 2 is 2.08 bits per heavy atom. The van der Waals surface area contributed by atoms with Crippen LogP contribution in [0, 0.1) is 11.7 Å². The SMILES string of the molecule is C/C=C\c1nccn1C(C)(C1CC1)[C@H](C)N/N=C(\C)c1ccc(F)cc1. The lowest BCUT2D eigenvalue weighted by atomic mass is 9.87. The summed E-state index contributed by atoms with van der Waals surface area (Å²) in [7, 11) is 0. The van der Waals surface area contributed by atoms with Gasteiger partial charge in [0.15, 0.2) is 0 Å². The molecule has 1 unspecified atom stereocenters. The van der Waals surface area contributed by atoms with Crippen molar-refractivity contribution < 1.29 is 4.39 Å². The van der Waals surface area contributed by atoms with Crippen LogP contribution in [-0.2, 0) is 5.54 Å². The molecule has 26 heavy (non-hydrogen) atoms. The molecule has 0 aliphatic heterocycles. The fraction of sp³-hybridized carbons (Fsp3) is 0.429. The number of hydrogen-bond donors (Lipinski definition) is 1. The number of nitrogens with one attached hydrogen (secondary N) is 1. The summed E-state index contributed by atoms with van der Waals surface area (Å²) >= 11 is 0. The second-order valence-electron chi connectivity index (χ2n) is 7.21. The summed E-state index contributed by atoms with van der Waals surface area (Å²) in [6, 6.07) is 6.53. The van der Waals surface area contributed by atoms with Crippen LogP contribution in [0.3, 0.4) is 0 Å². The molecule has 1 aliphatic rings. The van der Waals surface area contributed by atoms with Crippen molar-refractivity contribution in [2.45, 2.75) is 52.1 Å². The minimum Gasteiger partial charge on any atom is -0.323 e. The topological polar surface area (TPSA) is 42.2 Å². The van der Waals surface area contributed by atoms with E-state index in [0.29, 0.717) is 5.92 Å². The van der Waals surface area contributed by atoms with E-state index < -0.39 is 0 Å². The first kappa shape index (κ1) is 18.4. The van der Waals surface area contributed by atoms with Crippen LogP contribution in [0.1, 0.15) is 51.9 Å². The van der Waals surface area contributed by atoms with Crippen molar-refractivity contribution >= 4 is 11.8 Å². The zero-order valence-electron chi connectivity index (χ0n) is 15.9. The van der Waals surface area contributed by atoms with E-state index >= 15 is 0 Å². The first-order chi connectivity index (χ1) is 12.5. The highest BCUT2D eigenvalue weighted by atomic mass is 19.1. The van der Waals surface area contributed by atoms with Crippen LogP contribution in [0.4, 0.5) is 4.39 Å². The predicted octanol–water partition coefficient (Wildman–Crippen LogP) is 4.58. The standard InChI is InChI=1S/C21H27FN4/c1-5-6-20-23-13-14-26(20)21(4,18-9-10-18)16(3)25-24-15(2)17-7-11-19(22)12-8-17/h5-8,11-14,16,18,25H,9-10H2,1-4H3/b6-5-,24-15+/t16-,21?/m0/s1. The second kappa shape index (κ2) is 7.44. The predicted molar refractivity (Wildman–Crippen MR) is 105 cm³/mol. The van der Waals surface area contributed by atoms with Crippen molar-refractivity contribution in [1.29, 1.82) is 0 Å². The van der Waals surface area contributed by atoms with E-state index in [2.05, 4.69) is 40.1 Å². The van der Waals surface area contributed by atoms with Gasteiger partial charge in [-0.15, -0.1) is 0 Å². The summed E-state index contributed by atoms with van der Waals surface area (Å²) in [5, 5.41) is 4.58. The molecule has 5 heteroatoms. The highest BCUT2D eigenvalue weighted by molar-refractivity contribution is 5.98. The summed E-state index contributed by atoms with van der Waals surface area (Å²) < 4.78 is 15.4. The third kappa shape index (κ3) is 3.57. The summed E-state index contributed by atoms with van der Waals surface area (Å²) in [4.78, 5) is 4.49. The highest BCUT2D eigenvalue weighted by Crippen LogP contribution is 2.46. The van der Waals surface area contributed by atoms with Crippen molar-refractivity contribution in [3.63, 3.8) is 0 Å². The molecule has 1 saturated carbocycles. The van der Waals surface area contributed by atoms with Gasteiger partial charge in [-0.1, -0.05) is 18.2 Å². The molecule has 1 N–H and O–H groups in total. The molecule has 0 radical (unpaired) electrons. The molecule has 0 saturated heterocycles. The van der Waals surface area contributed by atoms with Gasteiger partial charge in [0.25, 0.3) is 0 Å². The van der Waals surface area contributed by atoms with E-state index in [4.69, 9.17) is 0 Å².